The Morgan fingerprint density at radius 3 is 2.43 bits per heavy atom. The van der Waals surface area contributed by atoms with E-state index in [0.29, 0.717) is 5.41 Å². The van der Waals surface area contributed by atoms with Crippen molar-refractivity contribution in [3.05, 3.63) is 0 Å². The Balaban J connectivity index is 1.69. The number of hydrogen-bond acceptors (Lipinski definition) is 1. The first-order valence-corrected chi connectivity index (χ1v) is 6.30. The van der Waals surface area contributed by atoms with Crippen LogP contribution in [0.15, 0.2) is 0 Å². The Hall–Kier alpha value is -0.0400. The minimum atomic E-state index is 0.281. The maximum Gasteiger partial charge on any atom is 0.0158 e. The summed E-state index contributed by atoms with van der Waals surface area (Å²) in [4.78, 5) is 0. The van der Waals surface area contributed by atoms with Gasteiger partial charge in [0.25, 0.3) is 0 Å². The van der Waals surface area contributed by atoms with Crippen molar-refractivity contribution in [2.45, 2.75) is 57.9 Å². The second kappa shape index (κ2) is 2.55. The Morgan fingerprint density at radius 2 is 1.93 bits per heavy atom. The molecule has 4 rings (SSSR count). The molecule has 4 saturated carbocycles. The minimum Gasteiger partial charge on any atom is -0.325 e. The number of fused-ring (bicyclic) bond motifs is 2. The van der Waals surface area contributed by atoms with E-state index in [9.17, 15) is 0 Å². The molecular weight excluding hydrogens is 170 g/mol. The molecule has 2 bridgehead atoms. The van der Waals surface area contributed by atoms with E-state index in [2.05, 4.69) is 13.8 Å². The van der Waals surface area contributed by atoms with Gasteiger partial charge in [-0.2, -0.15) is 0 Å². The van der Waals surface area contributed by atoms with Crippen LogP contribution in [0.1, 0.15) is 52.4 Å². The fourth-order valence-corrected chi connectivity index (χ4v) is 4.09. The summed E-state index contributed by atoms with van der Waals surface area (Å²) in [6.07, 6.45) is 8.36. The van der Waals surface area contributed by atoms with Gasteiger partial charge in [0, 0.05) is 5.54 Å². The van der Waals surface area contributed by atoms with E-state index >= 15 is 0 Å². The van der Waals surface area contributed by atoms with Crippen LogP contribution in [-0.4, -0.2) is 5.54 Å². The van der Waals surface area contributed by atoms with Gasteiger partial charge in [0.15, 0.2) is 0 Å². The minimum absolute atomic E-state index is 0.281. The zero-order chi connectivity index (χ0) is 9.97. The fourth-order valence-electron chi connectivity index (χ4n) is 4.09. The SMILES string of the molecule is CC1(C)C2CCC(CC3(N)CC3)C1C2. The van der Waals surface area contributed by atoms with Crippen LogP contribution in [0.2, 0.25) is 0 Å². The highest BCUT2D eigenvalue weighted by Gasteiger charge is 2.56. The molecule has 0 radical (unpaired) electrons. The smallest absolute Gasteiger partial charge is 0.0158 e. The maximum absolute atomic E-state index is 6.25. The van der Waals surface area contributed by atoms with Gasteiger partial charge in [-0.25, -0.2) is 0 Å². The Bertz CT molecular complexity index is 250. The lowest BCUT2D eigenvalue weighted by Crippen LogP contribution is -2.53. The van der Waals surface area contributed by atoms with E-state index in [-0.39, 0.29) is 5.54 Å². The van der Waals surface area contributed by atoms with Gasteiger partial charge in [-0.05, 0) is 61.7 Å². The lowest BCUT2D eigenvalue weighted by atomic mass is 9.45. The van der Waals surface area contributed by atoms with Gasteiger partial charge in [0.2, 0.25) is 0 Å². The van der Waals surface area contributed by atoms with Crippen LogP contribution in [0, 0.1) is 23.2 Å². The molecule has 0 saturated heterocycles. The normalized spacial score (nSPS) is 46.9. The molecule has 0 aromatic heterocycles. The van der Waals surface area contributed by atoms with Crippen molar-refractivity contribution in [1.82, 2.24) is 0 Å². The molecule has 0 aromatic carbocycles. The fraction of sp³-hybridized carbons (Fsp3) is 1.00. The predicted octanol–water partition coefficient (Wildman–Crippen LogP) is 2.94. The number of nitrogens with two attached hydrogens (primary N) is 1. The topological polar surface area (TPSA) is 26.0 Å². The summed E-state index contributed by atoms with van der Waals surface area (Å²) < 4.78 is 0. The Kier molecular flexibility index (Phi) is 1.68. The zero-order valence-electron chi connectivity index (χ0n) is 9.55. The third-order valence-corrected chi connectivity index (χ3v) is 5.56. The van der Waals surface area contributed by atoms with Gasteiger partial charge >= 0.3 is 0 Å². The van der Waals surface area contributed by atoms with Crippen molar-refractivity contribution < 1.29 is 0 Å². The molecule has 14 heavy (non-hydrogen) atoms. The first-order chi connectivity index (χ1) is 6.51. The van der Waals surface area contributed by atoms with Gasteiger partial charge in [-0.1, -0.05) is 13.8 Å². The van der Waals surface area contributed by atoms with Gasteiger partial charge in [0.1, 0.15) is 0 Å². The van der Waals surface area contributed by atoms with Crippen LogP contribution in [0.5, 0.6) is 0 Å². The van der Waals surface area contributed by atoms with Gasteiger partial charge in [0.05, 0.1) is 0 Å². The van der Waals surface area contributed by atoms with E-state index in [1.165, 1.54) is 38.5 Å². The molecule has 3 unspecified atom stereocenters. The van der Waals surface area contributed by atoms with Crippen molar-refractivity contribution in [3.8, 4) is 0 Å². The van der Waals surface area contributed by atoms with Crippen LogP contribution in [0.4, 0.5) is 0 Å². The number of rotatable bonds is 2. The lowest BCUT2D eigenvalue weighted by molar-refractivity contribution is -0.108. The van der Waals surface area contributed by atoms with E-state index < -0.39 is 0 Å². The highest BCUT2D eigenvalue weighted by molar-refractivity contribution is 5.08. The zero-order valence-corrected chi connectivity index (χ0v) is 9.55. The molecule has 0 spiro atoms. The predicted molar refractivity (Wildman–Crippen MR) is 58.9 cm³/mol. The summed E-state index contributed by atoms with van der Waals surface area (Å²) in [5.41, 5.74) is 7.17. The molecule has 4 aliphatic carbocycles. The second-order valence-corrected chi connectivity index (χ2v) is 6.76. The average Bonchev–Trinajstić information content (AvgIpc) is 2.83. The van der Waals surface area contributed by atoms with Crippen LogP contribution >= 0.6 is 0 Å². The molecule has 0 amide bonds. The molecule has 3 atom stereocenters. The molecule has 4 fully saturated rings. The monoisotopic (exact) mass is 193 g/mol. The first kappa shape index (κ1) is 9.21. The summed E-state index contributed by atoms with van der Waals surface area (Å²) in [7, 11) is 0. The largest absolute Gasteiger partial charge is 0.325 e. The summed E-state index contributed by atoms with van der Waals surface area (Å²) in [5.74, 6) is 3.00. The van der Waals surface area contributed by atoms with Crippen molar-refractivity contribution >= 4 is 0 Å². The maximum atomic E-state index is 6.25. The van der Waals surface area contributed by atoms with Gasteiger partial charge in [-0.3, -0.25) is 0 Å². The third kappa shape index (κ3) is 1.18. The van der Waals surface area contributed by atoms with Crippen molar-refractivity contribution in [2.24, 2.45) is 28.9 Å². The quantitative estimate of drug-likeness (QED) is 0.717. The van der Waals surface area contributed by atoms with Crippen molar-refractivity contribution in [3.63, 3.8) is 0 Å². The van der Waals surface area contributed by atoms with E-state index in [0.717, 1.165) is 17.8 Å². The molecular formula is C13H23N. The van der Waals surface area contributed by atoms with Crippen LogP contribution in [0.25, 0.3) is 0 Å². The molecule has 0 heterocycles. The van der Waals surface area contributed by atoms with Crippen LogP contribution < -0.4 is 5.73 Å². The molecule has 0 aliphatic heterocycles. The third-order valence-electron chi connectivity index (χ3n) is 5.56. The molecule has 1 nitrogen and oxygen atoms in total. The first-order valence-electron chi connectivity index (χ1n) is 6.30. The Morgan fingerprint density at radius 1 is 1.21 bits per heavy atom. The molecule has 0 aromatic rings. The van der Waals surface area contributed by atoms with Crippen LogP contribution in [0.3, 0.4) is 0 Å². The van der Waals surface area contributed by atoms with E-state index in [1.807, 2.05) is 0 Å². The summed E-state index contributed by atoms with van der Waals surface area (Å²) in [5, 5.41) is 0. The van der Waals surface area contributed by atoms with Gasteiger partial charge in [-0.15, -0.1) is 0 Å². The highest BCUT2D eigenvalue weighted by Crippen LogP contribution is 2.63. The number of hydrogen-bond donors (Lipinski definition) is 1. The summed E-state index contributed by atoms with van der Waals surface area (Å²) in [6, 6.07) is 0. The molecule has 1 heteroatoms. The average molecular weight is 193 g/mol. The van der Waals surface area contributed by atoms with E-state index in [4.69, 9.17) is 5.73 Å². The standard InChI is InChI=1S/C13H23N/c1-12(2)10-4-3-9(11(12)7-10)8-13(14)5-6-13/h9-11H,3-8,14H2,1-2H3. The Labute approximate surface area is 87.4 Å². The lowest BCUT2D eigenvalue weighted by Gasteiger charge is -2.60. The van der Waals surface area contributed by atoms with E-state index in [1.54, 1.807) is 0 Å². The molecule has 80 valence electrons. The van der Waals surface area contributed by atoms with Crippen molar-refractivity contribution in [2.75, 3.05) is 0 Å². The molecule has 4 aliphatic rings. The van der Waals surface area contributed by atoms with Crippen molar-refractivity contribution in [1.29, 1.82) is 0 Å². The second-order valence-electron chi connectivity index (χ2n) is 6.76. The van der Waals surface area contributed by atoms with Gasteiger partial charge < -0.3 is 5.73 Å². The van der Waals surface area contributed by atoms with Crippen LogP contribution in [-0.2, 0) is 0 Å². The summed E-state index contributed by atoms with van der Waals surface area (Å²) in [6.45, 7) is 4.96. The summed E-state index contributed by atoms with van der Waals surface area (Å²) >= 11 is 0. The highest BCUT2D eigenvalue weighted by atomic mass is 14.8. The molecule has 2 N–H and O–H groups in total.